The van der Waals surface area contributed by atoms with Crippen molar-refractivity contribution in [3.8, 4) is 15.6 Å². The van der Waals surface area contributed by atoms with Crippen LogP contribution in [0.15, 0.2) is 11.4 Å². The van der Waals surface area contributed by atoms with E-state index in [1.54, 1.807) is 29.8 Å². The van der Waals surface area contributed by atoms with Gasteiger partial charge in [-0.2, -0.15) is 0 Å². The summed E-state index contributed by atoms with van der Waals surface area (Å²) in [6, 6.07) is 1.94. The summed E-state index contributed by atoms with van der Waals surface area (Å²) in [5, 5.41) is 15.2. The highest BCUT2D eigenvalue weighted by atomic mass is 32.1. The molecule has 0 saturated heterocycles. The summed E-state index contributed by atoms with van der Waals surface area (Å²) >= 11 is 3.21. The fraction of sp³-hybridized carbons (Fsp3) is 0.333. The lowest BCUT2D eigenvalue weighted by Crippen LogP contribution is -2.04. The van der Waals surface area contributed by atoms with Crippen LogP contribution >= 0.6 is 22.7 Å². The van der Waals surface area contributed by atoms with Crippen LogP contribution in [-0.4, -0.2) is 24.4 Å². The summed E-state index contributed by atoms with van der Waals surface area (Å²) in [5.74, 6) is 0.868. The first kappa shape index (κ1) is 10.5. The average molecular weight is 241 g/mol. The molecule has 0 aliphatic rings. The maximum Gasteiger partial charge on any atom is 0.161 e. The second-order valence-electron chi connectivity index (χ2n) is 2.85. The molecule has 0 aliphatic carbocycles. The van der Waals surface area contributed by atoms with Crippen molar-refractivity contribution in [1.82, 2.24) is 15.5 Å². The molecule has 0 fully saturated rings. The molecule has 0 atom stereocenters. The van der Waals surface area contributed by atoms with E-state index in [1.807, 2.05) is 18.5 Å². The molecule has 2 aromatic rings. The van der Waals surface area contributed by atoms with Crippen LogP contribution in [0.5, 0.6) is 5.75 Å². The Labute approximate surface area is 95.9 Å². The van der Waals surface area contributed by atoms with Crippen molar-refractivity contribution in [3.63, 3.8) is 0 Å². The Hall–Kier alpha value is -0.980. The summed E-state index contributed by atoms with van der Waals surface area (Å²) in [6.45, 7) is 0.755. The van der Waals surface area contributed by atoms with Crippen LogP contribution in [0.3, 0.4) is 0 Å². The maximum absolute atomic E-state index is 5.24. The van der Waals surface area contributed by atoms with E-state index in [0.717, 1.165) is 27.2 Å². The van der Waals surface area contributed by atoms with E-state index in [4.69, 9.17) is 4.74 Å². The van der Waals surface area contributed by atoms with E-state index in [9.17, 15) is 0 Å². The molecule has 4 nitrogen and oxygen atoms in total. The van der Waals surface area contributed by atoms with E-state index >= 15 is 0 Å². The van der Waals surface area contributed by atoms with Crippen molar-refractivity contribution in [2.75, 3.05) is 14.2 Å². The zero-order valence-electron chi connectivity index (χ0n) is 8.48. The van der Waals surface area contributed by atoms with Crippen molar-refractivity contribution >= 4 is 22.7 Å². The molecule has 0 aromatic carbocycles. The third kappa shape index (κ3) is 2.17. The Bertz CT molecular complexity index is 438. The Morgan fingerprint density at radius 1 is 1.47 bits per heavy atom. The van der Waals surface area contributed by atoms with Crippen LogP contribution in [0, 0.1) is 0 Å². The second-order valence-corrected chi connectivity index (χ2v) is 4.83. The lowest BCUT2D eigenvalue weighted by Gasteiger charge is -1.96. The van der Waals surface area contributed by atoms with Crippen LogP contribution in [0.2, 0.25) is 0 Å². The van der Waals surface area contributed by atoms with Gasteiger partial charge < -0.3 is 10.1 Å². The van der Waals surface area contributed by atoms with Gasteiger partial charge in [-0.3, -0.25) is 0 Å². The Balaban J connectivity index is 2.28. The van der Waals surface area contributed by atoms with Gasteiger partial charge in [0.25, 0.3) is 0 Å². The van der Waals surface area contributed by atoms with Gasteiger partial charge in [0, 0.05) is 6.54 Å². The van der Waals surface area contributed by atoms with Crippen LogP contribution in [0.1, 0.15) is 5.01 Å². The number of rotatable bonds is 4. The number of methoxy groups -OCH3 is 1. The van der Waals surface area contributed by atoms with Gasteiger partial charge in [0.05, 0.1) is 7.11 Å². The quantitative estimate of drug-likeness (QED) is 0.889. The SMILES string of the molecule is CNCc1nnc(-c2sccc2OC)s1. The van der Waals surface area contributed by atoms with Crippen molar-refractivity contribution in [2.24, 2.45) is 0 Å². The minimum atomic E-state index is 0.755. The first-order valence-electron chi connectivity index (χ1n) is 4.44. The number of thiophene rings is 1. The Morgan fingerprint density at radius 3 is 3.07 bits per heavy atom. The van der Waals surface area contributed by atoms with Crippen molar-refractivity contribution in [1.29, 1.82) is 0 Å². The predicted molar refractivity (Wildman–Crippen MR) is 62.5 cm³/mol. The third-order valence-electron chi connectivity index (χ3n) is 1.84. The monoisotopic (exact) mass is 241 g/mol. The molecule has 0 bridgehead atoms. The minimum absolute atomic E-state index is 0.755. The molecule has 2 aromatic heterocycles. The standard InChI is InChI=1S/C9H11N3OS2/c1-10-5-7-11-12-9(15-7)8-6(13-2)3-4-14-8/h3-4,10H,5H2,1-2H3. The molecule has 80 valence electrons. The summed E-state index contributed by atoms with van der Waals surface area (Å²) in [7, 11) is 3.56. The van der Waals surface area contributed by atoms with Gasteiger partial charge in [-0.05, 0) is 18.5 Å². The number of hydrogen-bond donors (Lipinski definition) is 1. The molecule has 2 rings (SSSR count). The van der Waals surface area contributed by atoms with Gasteiger partial charge in [0.1, 0.15) is 15.6 Å². The van der Waals surface area contributed by atoms with E-state index in [0.29, 0.717) is 0 Å². The van der Waals surface area contributed by atoms with Gasteiger partial charge in [-0.25, -0.2) is 0 Å². The van der Waals surface area contributed by atoms with Crippen molar-refractivity contribution < 1.29 is 4.74 Å². The molecule has 15 heavy (non-hydrogen) atoms. The largest absolute Gasteiger partial charge is 0.495 e. The lowest BCUT2D eigenvalue weighted by molar-refractivity contribution is 0.418. The van der Waals surface area contributed by atoms with E-state index in [2.05, 4.69) is 15.5 Å². The molecule has 0 unspecified atom stereocenters. The van der Waals surface area contributed by atoms with Gasteiger partial charge in [0.2, 0.25) is 0 Å². The lowest BCUT2D eigenvalue weighted by atomic mass is 10.4. The zero-order chi connectivity index (χ0) is 10.7. The molecule has 2 heterocycles. The molecule has 6 heteroatoms. The van der Waals surface area contributed by atoms with Crippen LogP contribution in [0.4, 0.5) is 0 Å². The summed E-state index contributed by atoms with van der Waals surface area (Å²) < 4.78 is 5.24. The molecular weight excluding hydrogens is 230 g/mol. The number of nitrogens with zero attached hydrogens (tertiary/aromatic N) is 2. The van der Waals surface area contributed by atoms with Gasteiger partial charge in [-0.1, -0.05) is 11.3 Å². The Kier molecular flexibility index (Phi) is 3.30. The third-order valence-corrected chi connectivity index (χ3v) is 3.81. The fourth-order valence-electron chi connectivity index (χ4n) is 1.18. The predicted octanol–water partition coefficient (Wildman–Crippen LogP) is 1.99. The molecule has 0 saturated carbocycles. The van der Waals surface area contributed by atoms with Gasteiger partial charge >= 0.3 is 0 Å². The van der Waals surface area contributed by atoms with E-state index < -0.39 is 0 Å². The normalized spacial score (nSPS) is 10.5. The number of aromatic nitrogens is 2. The zero-order valence-corrected chi connectivity index (χ0v) is 10.1. The number of ether oxygens (including phenoxy) is 1. The van der Waals surface area contributed by atoms with Crippen LogP contribution in [0.25, 0.3) is 9.88 Å². The van der Waals surface area contributed by atoms with Gasteiger partial charge in [-0.15, -0.1) is 21.5 Å². The molecule has 0 radical (unpaired) electrons. The number of nitrogens with one attached hydrogen (secondary N) is 1. The van der Waals surface area contributed by atoms with E-state index in [-0.39, 0.29) is 0 Å². The average Bonchev–Trinajstić information content (AvgIpc) is 2.84. The summed E-state index contributed by atoms with van der Waals surface area (Å²) in [6.07, 6.45) is 0. The second kappa shape index (κ2) is 4.69. The highest BCUT2D eigenvalue weighted by molar-refractivity contribution is 7.21. The maximum atomic E-state index is 5.24. The topological polar surface area (TPSA) is 47.0 Å². The van der Waals surface area contributed by atoms with Gasteiger partial charge in [0.15, 0.2) is 5.01 Å². The van der Waals surface area contributed by atoms with Crippen LogP contribution in [-0.2, 0) is 6.54 Å². The molecule has 1 N–H and O–H groups in total. The fourth-order valence-corrected chi connectivity index (χ4v) is 2.98. The summed E-state index contributed by atoms with van der Waals surface area (Å²) in [4.78, 5) is 1.05. The smallest absolute Gasteiger partial charge is 0.161 e. The number of hydrogen-bond acceptors (Lipinski definition) is 6. The van der Waals surface area contributed by atoms with Crippen LogP contribution < -0.4 is 10.1 Å². The minimum Gasteiger partial charge on any atom is -0.495 e. The molecule has 0 amide bonds. The molecular formula is C9H11N3OS2. The Morgan fingerprint density at radius 2 is 2.33 bits per heavy atom. The highest BCUT2D eigenvalue weighted by Crippen LogP contribution is 2.36. The first-order chi connectivity index (χ1) is 7.35. The van der Waals surface area contributed by atoms with E-state index in [1.165, 1.54) is 0 Å². The molecule has 0 spiro atoms. The summed E-state index contributed by atoms with van der Waals surface area (Å²) in [5.41, 5.74) is 0. The highest BCUT2D eigenvalue weighted by Gasteiger charge is 2.12. The van der Waals surface area contributed by atoms with Crippen molar-refractivity contribution in [3.05, 3.63) is 16.5 Å². The molecule has 0 aliphatic heterocycles. The first-order valence-corrected chi connectivity index (χ1v) is 6.13. The van der Waals surface area contributed by atoms with Crippen molar-refractivity contribution in [2.45, 2.75) is 6.54 Å².